The summed E-state index contributed by atoms with van der Waals surface area (Å²) in [5, 5.41) is 3.98. The van der Waals surface area contributed by atoms with E-state index in [1.165, 1.54) is 11.3 Å². The zero-order chi connectivity index (χ0) is 21.5. The Balaban J connectivity index is 1.46. The number of carbonyl (C=O) groups is 1. The first kappa shape index (κ1) is 21.5. The van der Waals surface area contributed by atoms with E-state index in [9.17, 15) is 4.79 Å². The van der Waals surface area contributed by atoms with Crippen molar-refractivity contribution in [2.75, 3.05) is 24.5 Å². The summed E-state index contributed by atoms with van der Waals surface area (Å²) >= 11 is 1.45. The molecule has 6 nitrogen and oxygen atoms in total. The molecule has 8 heteroatoms. The van der Waals surface area contributed by atoms with Crippen LogP contribution in [0.5, 0.6) is 0 Å². The van der Waals surface area contributed by atoms with Crippen LogP contribution < -0.4 is 10.2 Å². The lowest BCUT2D eigenvalue weighted by molar-refractivity contribution is 0.0950. The van der Waals surface area contributed by atoms with Crippen molar-refractivity contribution in [3.63, 3.8) is 0 Å². The van der Waals surface area contributed by atoms with Crippen molar-refractivity contribution in [1.82, 2.24) is 15.3 Å². The molecule has 2 aliphatic heterocycles. The molecule has 4 heterocycles. The van der Waals surface area contributed by atoms with Crippen LogP contribution in [0.4, 0.5) is 5.82 Å². The minimum Gasteiger partial charge on any atom is -0.412 e. The molecule has 1 amide bonds. The lowest BCUT2D eigenvalue weighted by atomic mass is 10.1. The van der Waals surface area contributed by atoms with Crippen LogP contribution in [-0.2, 0) is 10.8 Å². The summed E-state index contributed by atoms with van der Waals surface area (Å²) in [6, 6.07) is 4.15. The van der Waals surface area contributed by atoms with E-state index in [0.717, 1.165) is 59.3 Å². The van der Waals surface area contributed by atoms with Crippen molar-refractivity contribution in [1.29, 1.82) is 0 Å². The maximum Gasteiger partial charge on any atom is 0.263 e. The molecular formula is C22H32N4O2SSi. The van der Waals surface area contributed by atoms with Crippen LogP contribution in [0.15, 0.2) is 18.3 Å². The highest BCUT2D eigenvalue weighted by molar-refractivity contribution is 7.17. The third-order valence-electron chi connectivity index (χ3n) is 6.52. The Bertz CT molecular complexity index is 920. The molecule has 1 N–H and O–H groups in total. The molecular weight excluding hydrogens is 412 g/mol. The minimum absolute atomic E-state index is 0.00864. The molecule has 1 saturated heterocycles. The largest absolute Gasteiger partial charge is 0.412 e. The summed E-state index contributed by atoms with van der Waals surface area (Å²) in [5.74, 6) is 0.979. The Hall–Kier alpha value is -1.77. The fourth-order valence-corrected chi connectivity index (χ4v) is 6.13. The maximum atomic E-state index is 12.0. The summed E-state index contributed by atoms with van der Waals surface area (Å²) in [5.41, 5.74) is 1.88. The van der Waals surface area contributed by atoms with Gasteiger partial charge in [-0.3, -0.25) is 4.79 Å². The maximum absolute atomic E-state index is 12.0. The number of piperidine rings is 1. The average Bonchev–Trinajstić information content (AvgIpc) is 3.13. The fourth-order valence-electron chi connectivity index (χ4n) is 3.73. The van der Waals surface area contributed by atoms with E-state index in [1.54, 1.807) is 0 Å². The second kappa shape index (κ2) is 8.05. The van der Waals surface area contributed by atoms with Gasteiger partial charge in [0, 0.05) is 37.8 Å². The summed E-state index contributed by atoms with van der Waals surface area (Å²) < 4.78 is 6.67. The fraction of sp³-hybridized carbons (Fsp3) is 0.591. The third kappa shape index (κ3) is 4.31. The summed E-state index contributed by atoms with van der Waals surface area (Å²) in [6.45, 7) is 14.1. The number of amides is 1. The Kier molecular flexibility index (Phi) is 5.76. The van der Waals surface area contributed by atoms with Crippen LogP contribution in [0.3, 0.4) is 0 Å². The molecule has 0 aliphatic carbocycles. The van der Waals surface area contributed by atoms with E-state index in [1.807, 2.05) is 6.20 Å². The molecule has 0 unspecified atom stereocenters. The highest BCUT2D eigenvalue weighted by Gasteiger charge is 2.40. The van der Waals surface area contributed by atoms with Gasteiger partial charge in [-0.15, -0.1) is 11.3 Å². The van der Waals surface area contributed by atoms with Gasteiger partial charge in [-0.05, 0) is 43.1 Å². The number of hydrogen-bond donors (Lipinski definition) is 1. The van der Waals surface area contributed by atoms with Crippen LogP contribution in [-0.4, -0.2) is 49.9 Å². The van der Waals surface area contributed by atoms with E-state index in [2.05, 4.69) is 61.2 Å². The smallest absolute Gasteiger partial charge is 0.263 e. The normalized spacial score (nSPS) is 20.1. The first-order chi connectivity index (χ1) is 14.1. The molecule has 1 atom stereocenters. The second-order valence-corrected chi connectivity index (χ2v) is 15.5. The molecule has 0 bridgehead atoms. The van der Waals surface area contributed by atoms with Crippen molar-refractivity contribution in [3.8, 4) is 10.6 Å². The van der Waals surface area contributed by atoms with Gasteiger partial charge in [0.15, 0.2) is 8.32 Å². The molecule has 4 rings (SSSR count). The number of nitrogens with one attached hydrogen (secondary N) is 1. The topological polar surface area (TPSA) is 67.3 Å². The predicted molar refractivity (Wildman–Crippen MR) is 125 cm³/mol. The third-order valence-corrected chi connectivity index (χ3v) is 12.2. The van der Waals surface area contributed by atoms with Crippen LogP contribution in [0.1, 0.15) is 49.0 Å². The van der Waals surface area contributed by atoms with Gasteiger partial charge in [-0.2, -0.15) is 0 Å². The lowest BCUT2D eigenvalue weighted by Crippen LogP contribution is -2.49. The number of nitrogens with zero attached hydrogens (tertiary/aromatic N) is 3. The number of pyridine rings is 1. The standard InChI is InChI=1S/C22H32N4O2SSi/c1-22(2,3)30(4,5)28-16-7-6-12-26(14-16)18-9-8-15(13-24-18)21-25-17-10-11-23-20(27)19(17)29-21/h8-9,13,16H,6-7,10-12,14H2,1-5H3,(H,23,27)/t16-/m0/s1. The number of fused-ring (bicyclic) bond motifs is 1. The monoisotopic (exact) mass is 444 g/mol. The highest BCUT2D eigenvalue weighted by atomic mass is 32.1. The average molecular weight is 445 g/mol. The zero-order valence-electron chi connectivity index (χ0n) is 18.6. The van der Waals surface area contributed by atoms with Gasteiger partial charge in [0.25, 0.3) is 5.91 Å². The van der Waals surface area contributed by atoms with Gasteiger partial charge in [-0.1, -0.05) is 20.8 Å². The SMILES string of the molecule is CC(C)(C)[Si](C)(C)O[C@H]1CCCN(c2ccc(-c3nc4c(s3)C(=O)NCC4)cn2)C1. The van der Waals surface area contributed by atoms with Crippen LogP contribution >= 0.6 is 11.3 Å². The molecule has 2 aliphatic rings. The Labute approximate surface area is 184 Å². The molecule has 30 heavy (non-hydrogen) atoms. The number of anilines is 1. The van der Waals surface area contributed by atoms with E-state index in [0.29, 0.717) is 6.54 Å². The highest BCUT2D eigenvalue weighted by Crippen LogP contribution is 2.38. The predicted octanol–water partition coefficient (Wildman–Crippen LogP) is 4.48. The Morgan fingerprint density at radius 3 is 2.77 bits per heavy atom. The molecule has 0 aromatic carbocycles. The number of rotatable bonds is 4. The van der Waals surface area contributed by atoms with Crippen LogP contribution in [0.25, 0.3) is 10.6 Å². The van der Waals surface area contributed by atoms with Crippen molar-refractivity contribution >= 4 is 31.4 Å². The van der Waals surface area contributed by atoms with Gasteiger partial charge in [0.05, 0.1) is 11.8 Å². The van der Waals surface area contributed by atoms with Gasteiger partial charge in [0.2, 0.25) is 0 Å². The molecule has 0 saturated carbocycles. The molecule has 162 valence electrons. The van der Waals surface area contributed by atoms with Gasteiger partial charge in [0.1, 0.15) is 15.7 Å². The van der Waals surface area contributed by atoms with Crippen molar-refractivity contribution in [3.05, 3.63) is 28.9 Å². The van der Waals surface area contributed by atoms with E-state index in [-0.39, 0.29) is 17.0 Å². The second-order valence-electron chi connectivity index (χ2n) is 9.79. The zero-order valence-corrected chi connectivity index (χ0v) is 20.4. The Morgan fingerprint density at radius 2 is 2.10 bits per heavy atom. The summed E-state index contributed by atoms with van der Waals surface area (Å²) in [4.78, 5) is 24.5. The minimum atomic E-state index is -1.77. The lowest BCUT2D eigenvalue weighted by Gasteiger charge is -2.42. The molecule has 2 aromatic rings. The summed E-state index contributed by atoms with van der Waals surface area (Å²) in [7, 11) is -1.77. The van der Waals surface area contributed by atoms with E-state index < -0.39 is 8.32 Å². The van der Waals surface area contributed by atoms with Gasteiger partial charge in [-0.25, -0.2) is 9.97 Å². The molecule has 0 spiro atoms. The van der Waals surface area contributed by atoms with Crippen molar-refractivity contribution < 1.29 is 9.22 Å². The number of carbonyl (C=O) groups excluding carboxylic acids is 1. The van der Waals surface area contributed by atoms with Gasteiger partial charge < -0.3 is 14.6 Å². The van der Waals surface area contributed by atoms with E-state index >= 15 is 0 Å². The first-order valence-corrected chi connectivity index (χ1v) is 14.5. The molecule has 2 aromatic heterocycles. The Morgan fingerprint density at radius 1 is 1.30 bits per heavy atom. The number of hydrogen-bond acceptors (Lipinski definition) is 6. The number of thiazole rings is 1. The summed E-state index contributed by atoms with van der Waals surface area (Å²) in [6.07, 6.45) is 5.19. The van der Waals surface area contributed by atoms with Gasteiger partial charge >= 0.3 is 0 Å². The van der Waals surface area contributed by atoms with E-state index in [4.69, 9.17) is 9.41 Å². The van der Waals surface area contributed by atoms with Crippen LogP contribution in [0, 0.1) is 0 Å². The van der Waals surface area contributed by atoms with Crippen molar-refractivity contribution in [2.24, 2.45) is 0 Å². The molecule has 1 fully saturated rings. The first-order valence-electron chi connectivity index (χ1n) is 10.8. The van der Waals surface area contributed by atoms with Crippen LogP contribution in [0.2, 0.25) is 18.1 Å². The molecule has 0 radical (unpaired) electrons. The number of aromatic nitrogens is 2. The van der Waals surface area contributed by atoms with Crippen molar-refractivity contribution in [2.45, 2.75) is 64.3 Å². The quantitative estimate of drug-likeness (QED) is 0.704.